The molecule has 3 aromatic rings. The van der Waals surface area contributed by atoms with Crippen molar-refractivity contribution < 1.29 is 14.4 Å². The van der Waals surface area contributed by atoms with Gasteiger partial charge in [-0.3, -0.25) is 14.4 Å². The third-order valence-corrected chi connectivity index (χ3v) is 5.78. The largest absolute Gasteiger partial charge is 0.349 e. The molecular formula is C27H27N3O3. The Hall–Kier alpha value is -3.93. The second kappa shape index (κ2) is 10.6. The zero-order chi connectivity index (χ0) is 23.0. The first kappa shape index (κ1) is 22.3. The molecule has 3 N–H and O–H groups in total. The number of carbonyl (C=O) groups excluding carboxylic acids is 3. The molecule has 0 aromatic heterocycles. The second-order valence-electron chi connectivity index (χ2n) is 8.21. The minimum absolute atomic E-state index is 0.179. The molecule has 3 amide bonds. The summed E-state index contributed by atoms with van der Waals surface area (Å²) in [4.78, 5) is 38.2. The van der Waals surface area contributed by atoms with Gasteiger partial charge in [0.05, 0.1) is 11.3 Å². The van der Waals surface area contributed by atoms with Gasteiger partial charge in [0, 0.05) is 22.9 Å². The van der Waals surface area contributed by atoms with E-state index in [2.05, 4.69) is 16.0 Å². The van der Waals surface area contributed by atoms with Gasteiger partial charge in [0.1, 0.15) is 0 Å². The van der Waals surface area contributed by atoms with Crippen molar-refractivity contribution in [2.75, 3.05) is 10.6 Å². The molecule has 33 heavy (non-hydrogen) atoms. The van der Waals surface area contributed by atoms with E-state index in [4.69, 9.17) is 0 Å². The van der Waals surface area contributed by atoms with Crippen LogP contribution in [-0.4, -0.2) is 23.8 Å². The van der Waals surface area contributed by atoms with Crippen molar-refractivity contribution in [3.05, 3.63) is 95.6 Å². The summed E-state index contributed by atoms with van der Waals surface area (Å²) in [5.41, 5.74) is 2.31. The van der Waals surface area contributed by atoms with E-state index in [1.807, 2.05) is 6.07 Å². The molecule has 0 aliphatic heterocycles. The molecule has 0 unspecified atom stereocenters. The molecular weight excluding hydrogens is 414 g/mol. The Morgan fingerprint density at radius 2 is 1.30 bits per heavy atom. The lowest BCUT2D eigenvalue weighted by Gasteiger charge is -2.23. The summed E-state index contributed by atoms with van der Waals surface area (Å²) in [5.74, 6) is -0.789. The number of anilines is 2. The van der Waals surface area contributed by atoms with Crippen molar-refractivity contribution in [1.29, 1.82) is 0 Å². The van der Waals surface area contributed by atoms with Crippen LogP contribution >= 0.6 is 0 Å². The predicted octanol–water partition coefficient (Wildman–Crippen LogP) is 5.25. The van der Waals surface area contributed by atoms with E-state index in [0.717, 1.165) is 25.7 Å². The zero-order valence-electron chi connectivity index (χ0n) is 18.3. The minimum atomic E-state index is -0.358. The van der Waals surface area contributed by atoms with Crippen molar-refractivity contribution in [3.8, 4) is 0 Å². The lowest BCUT2D eigenvalue weighted by molar-refractivity contribution is 0.0928. The molecule has 1 saturated carbocycles. The molecule has 1 aliphatic rings. The Morgan fingerprint density at radius 3 is 2.09 bits per heavy atom. The van der Waals surface area contributed by atoms with E-state index in [-0.39, 0.29) is 23.8 Å². The molecule has 6 nitrogen and oxygen atoms in total. The number of hydrogen-bond acceptors (Lipinski definition) is 3. The van der Waals surface area contributed by atoms with Crippen molar-refractivity contribution in [1.82, 2.24) is 5.32 Å². The minimum Gasteiger partial charge on any atom is -0.349 e. The maximum Gasteiger partial charge on any atom is 0.255 e. The van der Waals surface area contributed by atoms with E-state index >= 15 is 0 Å². The fraction of sp³-hybridized carbons (Fsp3) is 0.222. The summed E-state index contributed by atoms with van der Waals surface area (Å²) in [5, 5.41) is 8.75. The molecule has 0 bridgehead atoms. The summed E-state index contributed by atoms with van der Waals surface area (Å²) in [6.45, 7) is 0. The van der Waals surface area contributed by atoms with Crippen LogP contribution in [-0.2, 0) is 0 Å². The number of para-hydroxylation sites is 1. The molecule has 3 aromatic carbocycles. The topological polar surface area (TPSA) is 87.3 Å². The van der Waals surface area contributed by atoms with E-state index < -0.39 is 0 Å². The first-order valence-electron chi connectivity index (χ1n) is 11.3. The Labute approximate surface area is 193 Å². The van der Waals surface area contributed by atoms with Crippen LogP contribution in [0.3, 0.4) is 0 Å². The fourth-order valence-electron chi connectivity index (χ4n) is 4.03. The highest BCUT2D eigenvalue weighted by molar-refractivity contribution is 6.10. The third kappa shape index (κ3) is 5.86. The van der Waals surface area contributed by atoms with Gasteiger partial charge in [-0.15, -0.1) is 0 Å². The third-order valence-electron chi connectivity index (χ3n) is 5.78. The van der Waals surface area contributed by atoms with Gasteiger partial charge in [-0.1, -0.05) is 55.7 Å². The molecule has 0 saturated heterocycles. The van der Waals surface area contributed by atoms with Crippen LogP contribution in [0.25, 0.3) is 0 Å². The van der Waals surface area contributed by atoms with Crippen LogP contribution in [0.15, 0.2) is 78.9 Å². The SMILES string of the molecule is O=C(Nc1cccc(C(=O)Nc2ccccc2C(=O)NC2CCCCC2)c1)c1ccccc1. The van der Waals surface area contributed by atoms with Crippen LogP contribution < -0.4 is 16.0 Å². The molecule has 168 valence electrons. The number of hydrogen-bond donors (Lipinski definition) is 3. The number of carbonyl (C=O) groups is 3. The quantitative estimate of drug-likeness (QED) is 0.488. The smallest absolute Gasteiger partial charge is 0.255 e. The molecule has 0 atom stereocenters. The maximum atomic E-state index is 12.9. The van der Waals surface area contributed by atoms with Crippen molar-refractivity contribution >= 4 is 29.1 Å². The highest BCUT2D eigenvalue weighted by atomic mass is 16.2. The monoisotopic (exact) mass is 441 g/mol. The number of amides is 3. The Kier molecular flexibility index (Phi) is 7.15. The molecule has 1 aliphatic carbocycles. The van der Waals surface area contributed by atoms with Gasteiger partial charge in [-0.05, 0) is 55.3 Å². The number of nitrogens with one attached hydrogen (secondary N) is 3. The molecule has 0 spiro atoms. The molecule has 4 rings (SSSR count). The van der Waals surface area contributed by atoms with Gasteiger partial charge in [-0.2, -0.15) is 0 Å². The summed E-state index contributed by atoms with van der Waals surface area (Å²) in [7, 11) is 0. The fourth-order valence-corrected chi connectivity index (χ4v) is 4.03. The van der Waals surface area contributed by atoms with Gasteiger partial charge in [-0.25, -0.2) is 0 Å². The van der Waals surface area contributed by atoms with Crippen molar-refractivity contribution in [2.45, 2.75) is 38.1 Å². The van der Waals surface area contributed by atoms with Gasteiger partial charge >= 0.3 is 0 Å². The van der Waals surface area contributed by atoms with E-state index in [9.17, 15) is 14.4 Å². The van der Waals surface area contributed by atoms with Gasteiger partial charge in [0.15, 0.2) is 0 Å². The highest BCUT2D eigenvalue weighted by Crippen LogP contribution is 2.21. The average Bonchev–Trinajstić information content (AvgIpc) is 2.85. The van der Waals surface area contributed by atoms with Crippen LogP contribution in [0, 0.1) is 0 Å². The van der Waals surface area contributed by atoms with Crippen LogP contribution in [0.2, 0.25) is 0 Å². The lowest BCUT2D eigenvalue weighted by atomic mass is 9.95. The van der Waals surface area contributed by atoms with Crippen LogP contribution in [0.1, 0.15) is 63.2 Å². The number of rotatable bonds is 6. The normalized spacial score (nSPS) is 13.7. The van der Waals surface area contributed by atoms with Gasteiger partial charge in [0.2, 0.25) is 0 Å². The summed E-state index contributed by atoms with van der Waals surface area (Å²) >= 11 is 0. The Morgan fingerprint density at radius 1 is 0.636 bits per heavy atom. The van der Waals surface area contributed by atoms with Crippen LogP contribution in [0.4, 0.5) is 11.4 Å². The highest BCUT2D eigenvalue weighted by Gasteiger charge is 2.19. The summed E-state index contributed by atoms with van der Waals surface area (Å²) in [6.07, 6.45) is 5.44. The molecule has 0 heterocycles. The zero-order valence-corrected chi connectivity index (χ0v) is 18.3. The van der Waals surface area contributed by atoms with Crippen LogP contribution in [0.5, 0.6) is 0 Å². The average molecular weight is 442 g/mol. The first-order chi connectivity index (χ1) is 16.1. The van der Waals surface area contributed by atoms with E-state index in [0.29, 0.717) is 28.1 Å². The molecule has 1 fully saturated rings. The number of benzene rings is 3. The van der Waals surface area contributed by atoms with E-state index in [1.54, 1.807) is 72.8 Å². The predicted molar refractivity (Wildman–Crippen MR) is 130 cm³/mol. The molecule has 6 heteroatoms. The standard InChI is InChI=1S/C27H27N3O3/c31-25(19-10-3-1-4-11-19)29-22-15-9-12-20(18-22)26(32)30-24-17-8-7-16-23(24)27(33)28-21-13-5-2-6-14-21/h1,3-4,7-12,15-18,21H,2,5-6,13-14H2,(H,28,33)(H,29,31)(H,30,32). The lowest BCUT2D eigenvalue weighted by Crippen LogP contribution is -2.36. The van der Waals surface area contributed by atoms with Gasteiger partial charge < -0.3 is 16.0 Å². The summed E-state index contributed by atoms with van der Waals surface area (Å²) in [6, 6.07) is 22.8. The van der Waals surface area contributed by atoms with Crippen molar-refractivity contribution in [2.24, 2.45) is 0 Å². The Bertz CT molecular complexity index is 1140. The summed E-state index contributed by atoms with van der Waals surface area (Å²) < 4.78 is 0. The van der Waals surface area contributed by atoms with Crippen molar-refractivity contribution in [3.63, 3.8) is 0 Å². The second-order valence-corrected chi connectivity index (χ2v) is 8.21. The first-order valence-corrected chi connectivity index (χ1v) is 11.3. The Balaban J connectivity index is 1.45. The van der Waals surface area contributed by atoms with E-state index in [1.165, 1.54) is 6.42 Å². The van der Waals surface area contributed by atoms with Gasteiger partial charge in [0.25, 0.3) is 17.7 Å². The maximum absolute atomic E-state index is 12.9. The molecule has 0 radical (unpaired) electrons.